The molecule has 0 saturated heterocycles. The van der Waals surface area contributed by atoms with Gasteiger partial charge in [0.2, 0.25) is 0 Å². The van der Waals surface area contributed by atoms with E-state index in [1.165, 1.54) is 5.56 Å². The molecule has 88 valence electrons. The Labute approximate surface area is 106 Å². The Balaban J connectivity index is 2.25. The molecule has 0 aliphatic carbocycles. The molecule has 0 bridgehead atoms. The molecule has 0 aliphatic heterocycles. The molecular weight excluding hydrogens is 220 g/mol. The summed E-state index contributed by atoms with van der Waals surface area (Å²) in [5.74, 6) is 0. The van der Waals surface area contributed by atoms with Crippen molar-refractivity contribution in [2.75, 3.05) is 5.73 Å². The predicted molar refractivity (Wildman–Crippen MR) is 76.3 cm³/mol. The van der Waals surface area contributed by atoms with Crippen LogP contribution >= 0.6 is 0 Å². The third-order valence-corrected chi connectivity index (χ3v) is 3.08. The largest absolute Gasteiger partial charge is 0.399 e. The highest BCUT2D eigenvalue weighted by Gasteiger charge is 2.05. The van der Waals surface area contributed by atoms with Crippen LogP contribution in [0.5, 0.6) is 0 Å². The van der Waals surface area contributed by atoms with Gasteiger partial charge in [0.05, 0.1) is 11.2 Å². The van der Waals surface area contributed by atoms with Crippen LogP contribution in [0.2, 0.25) is 0 Å². The van der Waals surface area contributed by atoms with E-state index in [4.69, 9.17) is 10.7 Å². The summed E-state index contributed by atoms with van der Waals surface area (Å²) >= 11 is 0. The Morgan fingerprint density at radius 1 is 0.944 bits per heavy atom. The topological polar surface area (TPSA) is 38.9 Å². The summed E-state index contributed by atoms with van der Waals surface area (Å²) in [6.45, 7) is 2.08. The van der Waals surface area contributed by atoms with Crippen LogP contribution in [0.15, 0.2) is 54.6 Å². The van der Waals surface area contributed by atoms with Crippen molar-refractivity contribution in [2.24, 2.45) is 0 Å². The smallest absolute Gasteiger partial charge is 0.0738 e. The molecule has 2 nitrogen and oxygen atoms in total. The zero-order chi connectivity index (χ0) is 12.5. The molecule has 0 saturated carbocycles. The number of aromatic nitrogens is 1. The van der Waals surface area contributed by atoms with E-state index in [1.807, 2.05) is 36.4 Å². The van der Waals surface area contributed by atoms with Crippen molar-refractivity contribution >= 4 is 16.6 Å². The van der Waals surface area contributed by atoms with Gasteiger partial charge in [-0.05, 0) is 36.8 Å². The monoisotopic (exact) mass is 234 g/mol. The van der Waals surface area contributed by atoms with Gasteiger partial charge in [0.15, 0.2) is 0 Å². The fraction of sp³-hybridized carbons (Fsp3) is 0.0625. The van der Waals surface area contributed by atoms with Crippen LogP contribution in [0.1, 0.15) is 5.56 Å². The van der Waals surface area contributed by atoms with E-state index in [1.54, 1.807) is 0 Å². The van der Waals surface area contributed by atoms with Crippen LogP contribution in [0.4, 0.5) is 5.69 Å². The lowest BCUT2D eigenvalue weighted by atomic mass is 10.0. The van der Waals surface area contributed by atoms with E-state index in [0.29, 0.717) is 0 Å². The quantitative estimate of drug-likeness (QED) is 0.650. The number of anilines is 1. The van der Waals surface area contributed by atoms with Crippen LogP contribution < -0.4 is 5.73 Å². The Hall–Kier alpha value is -2.35. The van der Waals surface area contributed by atoms with Gasteiger partial charge in [0.1, 0.15) is 0 Å². The minimum atomic E-state index is 0.774. The molecule has 1 aromatic heterocycles. The maximum absolute atomic E-state index is 5.80. The van der Waals surface area contributed by atoms with Crippen LogP contribution in [0, 0.1) is 6.92 Å². The first kappa shape index (κ1) is 10.8. The number of aryl methyl sites for hydroxylation is 1. The van der Waals surface area contributed by atoms with Crippen molar-refractivity contribution < 1.29 is 0 Å². The summed E-state index contributed by atoms with van der Waals surface area (Å²) in [4.78, 5) is 4.73. The van der Waals surface area contributed by atoms with Gasteiger partial charge >= 0.3 is 0 Å². The molecule has 0 aliphatic rings. The third kappa shape index (κ3) is 1.82. The minimum absolute atomic E-state index is 0.774. The SMILES string of the molecule is Cc1cc2cc(N)ccc2nc1-c1ccccc1. The van der Waals surface area contributed by atoms with Gasteiger partial charge in [-0.25, -0.2) is 4.98 Å². The van der Waals surface area contributed by atoms with E-state index in [-0.39, 0.29) is 0 Å². The van der Waals surface area contributed by atoms with Crippen molar-refractivity contribution in [3.63, 3.8) is 0 Å². The van der Waals surface area contributed by atoms with E-state index in [0.717, 1.165) is 27.8 Å². The highest BCUT2D eigenvalue weighted by atomic mass is 14.7. The van der Waals surface area contributed by atoms with Gasteiger partial charge in [-0.15, -0.1) is 0 Å². The lowest BCUT2D eigenvalue weighted by molar-refractivity contribution is 1.33. The number of fused-ring (bicyclic) bond motifs is 1. The molecule has 2 aromatic carbocycles. The average Bonchev–Trinajstić information content (AvgIpc) is 2.39. The van der Waals surface area contributed by atoms with Gasteiger partial charge in [-0.1, -0.05) is 30.3 Å². The first-order valence-electron chi connectivity index (χ1n) is 5.96. The third-order valence-electron chi connectivity index (χ3n) is 3.08. The second-order valence-corrected chi connectivity index (χ2v) is 4.47. The number of pyridine rings is 1. The summed E-state index contributed by atoms with van der Waals surface area (Å²) in [6.07, 6.45) is 0. The number of nitrogen functional groups attached to an aromatic ring is 1. The van der Waals surface area contributed by atoms with Gasteiger partial charge in [0, 0.05) is 16.6 Å². The lowest BCUT2D eigenvalue weighted by Crippen LogP contribution is -1.91. The highest BCUT2D eigenvalue weighted by molar-refractivity contribution is 5.85. The number of nitrogens with two attached hydrogens (primary N) is 1. The van der Waals surface area contributed by atoms with Crippen molar-refractivity contribution in [1.82, 2.24) is 4.98 Å². The maximum Gasteiger partial charge on any atom is 0.0738 e. The number of rotatable bonds is 1. The average molecular weight is 234 g/mol. The molecule has 2 N–H and O–H groups in total. The fourth-order valence-corrected chi connectivity index (χ4v) is 2.19. The number of benzene rings is 2. The zero-order valence-electron chi connectivity index (χ0n) is 10.2. The van der Waals surface area contributed by atoms with Gasteiger partial charge in [0.25, 0.3) is 0 Å². The van der Waals surface area contributed by atoms with Gasteiger partial charge in [-0.3, -0.25) is 0 Å². The molecule has 0 amide bonds. The molecule has 0 radical (unpaired) electrons. The van der Waals surface area contributed by atoms with E-state index < -0.39 is 0 Å². The van der Waals surface area contributed by atoms with Gasteiger partial charge in [-0.2, -0.15) is 0 Å². The molecule has 1 heterocycles. The maximum atomic E-state index is 5.80. The molecule has 3 aromatic rings. The molecule has 3 rings (SSSR count). The molecule has 18 heavy (non-hydrogen) atoms. The molecule has 0 atom stereocenters. The number of hydrogen-bond acceptors (Lipinski definition) is 2. The highest BCUT2D eigenvalue weighted by Crippen LogP contribution is 2.25. The molecule has 0 fully saturated rings. The van der Waals surface area contributed by atoms with Crippen LogP contribution in [-0.2, 0) is 0 Å². The lowest BCUT2D eigenvalue weighted by Gasteiger charge is -2.08. The summed E-state index contributed by atoms with van der Waals surface area (Å²) in [5, 5.41) is 1.09. The summed E-state index contributed by atoms with van der Waals surface area (Å²) < 4.78 is 0. The zero-order valence-corrected chi connectivity index (χ0v) is 10.2. The van der Waals surface area contributed by atoms with Crippen molar-refractivity contribution in [1.29, 1.82) is 0 Å². The molecule has 0 unspecified atom stereocenters. The Kier molecular flexibility index (Phi) is 2.49. The van der Waals surface area contributed by atoms with E-state index in [9.17, 15) is 0 Å². The molecular formula is C16H14N2. The summed E-state index contributed by atoms with van der Waals surface area (Å²) in [7, 11) is 0. The van der Waals surface area contributed by atoms with Crippen LogP contribution in [0.3, 0.4) is 0 Å². The molecule has 0 spiro atoms. The summed E-state index contributed by atoms with van der Waals surface area (Å²) in [6, 6.07) is 18.2. The van der Waals surface area contributed by atoms with E-state index in [2.05, 4.69) is 25.1 Å². The standard InChI is InChI=1S/C16H14N2/c1-11-9-13-10-14(17)7-8-15(13)18-16(11)12-5-3-2-4-6-12/h2-10H,17H2,1H3. The predicted octanol–water partition coefficient (Wildman–Crippen LogP) is 3.79. The Morgan fingerprint density at radius 3 is 2.50 bits per heavy atom. The van der Waals surface area contributed by atoms with Crippen LogP contribution in [0.25, 0.3) is 22.2 Å². The number of nitrogens with zero attached hydrogens (tertiary/aromatic N) is 1. The Morgan fingerprint density at radius 2 is 1.72 bits per heavy atom. The minimum Gasteiger partial charge on any atom is -0.399 e. The normalized spacial score (nSPS) is 10.7. The second kappa shape index (κ2) is 4.15. The van der Waals surface area contributed by atoms with Crippen LogP contribution in [-0.4, -0.2) is 4.98 Å². The van der Waals surface area contributed by atoms with Crippen molar-refractivity contribution in [3.8, 4) is 11.3 Å². The summed E-state index contributed by atoms with van der Waals surface area (Å²) in [5.41, 5.74) is 10.9. The number of hydrogen-bond donors (Lipinski definition) is 1. The fourth-order valence-electron chi connectivity index (χ4n) is 2.19. The molecule has 2 heteroatoms. The van der Waals surface area contributed by atoms with E-state index >= 15 is 0 Å². The first-order valence-corrected chi connectivity index (χ1v) is 5.96. The van der Waals surface area contributed by atoms with Gasteiger partial charge < -0.3 is 5.73 Å². The van der Waals surface area contributed by atoms with Crippen molar-refractivity contribution in [3.05, 3.63) is 60.2 Å². The first-order chi connectivity index (χ1) is 8.74. The van der Waals surface area contributed by atoms with Crippen molar-refractivity contribution in [2.45, 2.75) is 6.92 Å². The second-order valence-electron chi connectivity index (χ2n) is 4.47. The Bertz CT molecular complexity index is 703.